The van der Waals surface area contributed by atoms with Crippen molar-refractivity contribution in [2.75, 3.05) is 6.54 Å². The van der Waals surface area contributed by atoms with Crippen LogP contribution in [0, 0.1) is 5.92 Å². The lowest BCUT2D eigenvalue weighted by atomic mass is 9.99. The molecule has 19 heavy (non-hydrogen) atoms. The highest BCUT2D eigenvalue weighted by atomic mass is 16.1. The first kappa shape index (κ1) is 15.8. The van der Waals surface area contributed by atoms with Gasteiger partial charge in [0.05, 0.1) is 5.92 Å². The highest BCUT2D eigenvalue weighted by Gasteiger charge is 2.21. The van der Waals surface area contributed by atoms with Gasteiger partial charge in [0.15, 0.2) is 0 Å². The molecule has 0 fully saturated rings. The molecule has 1 atom stereocenters. The third-order valence-electron chi connectivity index (χ3n) is 3.58. The van der Waals surface area contributed by atoms with Crippen LogP contribution in [0.15, 0.2) is 24.6 Å². The molecule has 0 radical (unpaired) electrons. The van der Waals surface area contributed by atoms with Gasteiger partial charge < -0.3 is 10.6 Å². The van der Waals surface area contributed by atoms with Crippen LogP contribution in [0.25, 0.3) is 0 Å². The second kappa shape index (κ2) is 9.65. The lowest BCUT2D eigenvalue weighted by Gasteiger charge is -2.21. The molecule has 0 aromatic carbocycles. The predicted molar refractivity (Wildman–Crippen MR) is 80.5 cm³/mol. The van der Waals surface area contributed by atoms with Crippen molar-refractivity contribution in [1.82, 2.24) is 10.6 Å². The largest absolute Gasteiger partial charge is 0.365 e. The number of amides is 1. The van der Waals surface area contributed by atoms with E-state index < -0.39 is 0 Å². The van der Waals surface area contributed by atoms with Gasteiger partial charge in [-0.3, -0.25) is 4.79 Å². The lowest BCUT2D eigenvalue weighted by Crippen LogP contribution is -2.35. The molecule has 0 aromatic rings. The minimum Gasteiger partial charge on any atom is -0.365 e. The molecule has 3 heteroatoms. The molecule has 0 saturated heterocycles. The van der Waals surface area contributed by atoms with Crippen LogP contribution in [0.1, 0.15) is 58.3 Å². The summed E-state index contributed by atoms with van der Waals surface area (Å²) in [5.41, 5.74) is 0.805. The molecule has 0 saturated carbocycles. The van der Waals surface area contributed by atoms with Crippen LogP contribution in [-0.4, -0.2) is 12.5 Å². The summed E-state index contributed by atoms with van der Waals surface area (Å²) in [5.74, 6) is 0.00221. The smallest absolute Gasteiger partial charge is 0.229 e. The second-order valence-corrected chi connectivity index (χ2v) is 5.27. The third-order valence-corrected chi connectivity index (χ3v) is 3.58. The molecule has 0 aromatic heterocycles. The molecule has 1 amide bonds. The van der Waals surface area contributed by atoms with Gasteiger partial charge in [-0.2, -0.15) is 0 Å². The molecule has 2 N–H and O–H groups in total. The van der Waals surface area contributed by atoms with Crippen molar-refractivity contribution >= 4 is 5.91 Å². The summed E-state index contributed by atoms with van der Waals surface area (Å²) in [4.78, 5) is 11.9. The van der Waals surface area contributed by atoms with Crippen molar-refractivity contribution in [2.45, 2.75) is 58.3 Å². The number of nitrogens with one attached hydrogen (secondary N) is 2. The van der Waals surface area contributed by atoms with Gasteiger partial charge in [0, 0.05) is 12.2 Å². The molecular formula is C16H28N2O. The number of hydrogen-bond donors (Lipinski definition) is 2. The third kappa shape index (κ3) is 6.46. The maximum Gasteiger partial charge on any atom is 0.229 e. The number of unbranched alkanes of at least 4 members (excludes halogenated alkanes) is 6. The van der Waals surface area contributed by atoms with Gasteiger partial charge in [0.2, 0.25) is 5.91 Å². The predicted octanol–water partition coefficient (Wildman–Crippen LogP) is 3.49. The fourth-order valence-corrected chi connectivity index (χ4v) is 2.30. The summed E-state index contributed by atoms with van der Waals surface area (Å²) in [6, 6.07) is 0. The summed E-state index contributed by atoms with van der Waals surface area (Å²) in [6.07, 6.45) is 13.5. The lowest BCUT2D eigenvalue weighted by molar-refractivity contribution is -0.123. The standard InChI is InChI=1S/C16H28N2O/c1-3-4-5-6-7-8-9-12-18-16(19)15-11-10-13-17-14(15)2/h10,13,15,17H,2-9,11-12H2,1H3,(H,18,19). The van der Waals surface area contributed by atoms with Crippen LogP contribution in [0.3, 0.4) is 0 Å². The van der Waals surface area contributed by atoms with Crippen molar-refractivity contribution in [3.8, 4) is 0 Å². The van der Waals surface area contributed by atoms with Crippen molar-refractivity contribution in [3.05, 3.63) is 24.6 Å². The van der Waals surface area contributed by atoms with E-state index in [9.17, 15) is 4.79 Å². The van der Waals surface area contributed by atoms with Crippen molar-refractivity contribution in [1.29, 1.82) is 0 Å². The first-order chi connectivity index (χ1) is 9.25. The van der Waals surface area contributed by atoms with Crippen LogP contribution < -0.4 is 10.6 Å². The molecule has 108 valence electrons. The van der Waals surface area contributed by atoms with E-state index in [4.69, 9.17) is 0 Å². The number of hydrogen-bond acceptors (Lipinski definition) is 2. The van der Waals surface area contributed by atoms with E-state index in [1.807, 2.05) is 12.3 Å². The Labute approximate surface area is 117 Å². The van der Waals surface area contributed by atoms with E-state index >= 15 is 0 Å². The Balaban J connectivity index is 2.01. The molecule has 0 spiro atoms. The quantitative estimate of drug-likeness (QED) is 0.626. The Morgan fingerprint density at radius 2 is 2.00 bits per heavy atom. The van der Waals surface area contributed by atoms with Gasteiger partial charge in [-0.25, -0.2) is 0 Å². The number of rotatable bonds is 9. The fourth-order valence-electron chi connectivity index (χ4n) is 2.30. The van der Waals surface area contributed by atoms with Crippen molar-refractivity contribution < 1.29 is 4.79 Å². The molecule has 1 unspecified atom stereocenters. The average Bonchev–Trinajstić information content (AvgIpc) is 2.42. The van der Waals surface area contributed by atoms with Gasteiger partial charge in [-0.15, -0.1) is 0 Å². The van der Waals surface area contributed by atoms with E-state index in [1.165, 1.54) is 38.5 Å². The molecular weight excluding hydrogens is 236 g/mol. The van der Waals surface area contributed by atoms with Crippen molar-refractivity contribution in [3.63, 3.8) is 0 Å². The summed E-state index contributed by atoms with van der Waals surface area (Å²) in [5, 5.41) is 6.02. The highest BCUT2D eigenvalue weighted by Crippen LogP contribution is 2.16. The number of carbonyl (C=O) groups excluding carboxylic acids is 1. The van der Waals surface area contributed by atoms with Gasteiger partial charge in [0.1, 0.15) is 0 Å². The summed E-state index contributed by atoms with van der Waals surface area (Å²) >= 11 is 0. The zero-order valence-electron chi connectivity index (χ0n) is 12.2. The zero-order valence-corrected chi connectivity index (χ0v) is 12.2. The summed E-state index contributed by atoms with van der Waals surface area (Å²) < 4.78 is 0. The Kier molecular flexibility index (Phi) is 8.03. The van der Waals surface area contributed by atoms with Gasteiger partial charge in [-0.05, 0) is 19.0 Å². The molecule has 3 nitrogen and oxygen atoms in total. The van der Waals surface area contributed by atoms with Gasteiger partial charge >= 0.3 is 0 Å². The fraction of sp³-hybridized carbons (Fsp3) is 0.688. The van der Waals surface area contributed by atoms with E-state index in [0.717, 1.165) is 25.1 Å². The molecule has 0 bridgehead atoms. The molecule has 1 heterocycles. The van der Waals surface area contributed by atoms with Gasteiger partial charge in [0.25, 0.3) is 0 Å². The Morgan fingerprint density at radius 1 is 1.32 bits per heavy atom. The number of allylic oxidation sites excluding steroid dienone is 1. The maximum absolute atomic E-state index is 11.9. The topological polar surface area (TPSA) is 41.1 Å². The minimum atomic E-state index is -0.102. The highest BCUT2D eigenvalue weighted by molar-refractivity contribution is 5.81. The molecule has 1 aliphatic heterocycles. The van der Waals surface area contributed by atoms with Crippen molar-refractivity contribution in [2.24, 2.45) is 5.92 Å². The number of carbonyl (C=O) groups is 1. The SMILES string of the molecule is C=C1NC=CCC1C(=O)NCCCCCCCCC. The monoisotopic (exact) mass is 264 g/mol. The second-order valence-electron chi connectivity index (χ2n) is 5.27. The molecule has 1 aliphatic rings. The normalized spacial score (nSPS) is 18.2. The van der Waals surface area contributed by atoms with Crippen LogP contribution in [0.5, 0.6) is 0 Å². The average molecular weight is 264 g/mol. The Bertz CT molecular complexity index is 310. The first-order valence-corrected chi connectivity index (χ1v) is 7.63. The Morgan fingerprint density at radius 3 is 2.68 bits per heavy atom. The van der Waals surface area contributed by atoms with E-state index in [1.54, 1.807) is 0 Å². The summed E-state index contributed by atoms with van der Waals surface area (Å²) in [7, 11) is 0. The minimum absolute atomic E-state index is 0.102. The van der Waals surface area contributed by atoms with Gasteiger partial charge in [-0.1, -0.05) is 58.1 Å². The summed E-state index contributed by atoms with van der Waals surface area (Å²) in [6.45, 7) is 6.91. The van der Waals surface area contributed by atoms with E-state index in [-0.39, 0.29) is 11.8 Å². The molecule has 0 aliphatic carbocycles. The maximum atomic E-state index is 11.9. The van der Waals surface area contributed by atoms with Crippen LogP contribution in [-0.2, 0) is 4.79 Å². The van der Waals surface area contributed by atoms with Crippen LogP contribution in [0.2, 0.25) is 0 Å². The van der Waals surface area contributed by atoms with E-state index in [2.05, 4.69) is 24.1 Å². The Hall–Kier alpha value is -1.25. The first-order valence-electron chi connectivity index (χ1n) is 7.63. The van der Waals surface area contributed by atoms with E-state index in [0.29, 0.717) is 0 Å². The zero-order chi connectivity index (χ0) is 13.9. The van der Waals surface area contributed by atoms with Crippen LogP contribution in [0.4, 0.5) is 0 Å². The molecule has 1 rings (SSSR count). The van der Waals surface area contributed by atoms with Crippen LogP contribution >= 0.6 is 0 Å².